The molecule has 0 aliphatic heterocycles. The second kappa shape index (κ2) is 5.13. The Morgan fingerprint density at radius 1 is 1.35 bits per heavy atom. The smallest absolute Gasteiger partial charge is 0.231 e. The molecule has 0 spiro atoms. The van der Waals surface area contributed by atoms with Gasteiger partial charge in [0, 0.05) is 20.6 Å². The molecule has 96 valence electrons. The molecule has 0 amide bonds. The Bertz CT molecular complexity index is 379. The van der Waals surface area contributed by atoms with E-state index in [1.807, 2.05) is 21.0 Å². The zero-order valence-corrected chi connectivity index (χ0v) is 10.7. The molecule has 0 aromatic carbocycles. The van der Waals surface area contributed by atoms with Crippen LogP contribution in [0.5, 0.6) is 0 Å². The summed E-state index contributed by atoms with van der Waals surface area (Å²) < 4.78 is 0. The minimum Gasteiger partial charge on any atom is -0.388 e. The maximum atomic E-state index is 9.86. The normalized spacial score (nSPS) is 14.2. The monoisotopic (exact) mass is 240 g/mol. The summed E-state index contributed by atoms with van der Waals surface area (Å²) in [6, 6.07) is 0. The molecule has 1 aromatic rings. The number of hydrogen-bond acceptors (Lipinski definition) is 7. The lowest BCUT2D eigenvalue weighted by Crippen LogP contribution is -2.33. The van der Waals surface area contributed by atoms with E-state index in [-0.39, 0.29) is 5.95 Å². The number of nitrogen functional groups attached to an aromatic ring is 1. The Morgan fingerprint density at radius 3 is 2.53 bits per heavy atom. The van der Waals surface area contributed by atoms with Gasteiger partial charge in [-0.25, -0.2) is 0 Å². The first-order chi connectivity index (χ1) is 7.84. The molecule has 0 radical (unpaired) electrons. The van der Waals surface area contributed by atoms with Gasteiger partial charge in [-0.3, -0.25) is 0 Å². The highest BCUT2D eigenvalue weighted by Gasteiger charge is 2.18. The predicted molar refractivity (Wildman–Crippen MR) is 68.0 cm³/mol. The third-order valence-electron chi connectivity index (χ3n) is 2.43. The van der Waals surface area contributed by atoms with Gasteiger partial charge in [-0.2, -0.15) is 15.0 Å². The van der Waals surface area contributed by atoms with Crippen molar-refractivity contribution in [2.45, 2.75) is 25.9 Å². The molecule has 1 atom stereocenters. The number of anilines is 3. The average Bonchev–Trinajstić information content (AvgIpc) is 2.26. The minimum absolute atomic E-state index is 0.155. The van der Waals surface area contributed by atoms with Gasteiger partial charge < -0.3 is 21.1 Å². The van der Waals surface area contributed by atoms with Crippen LogP contribution in [0.25, 0.3) is 0 Å². The Morgan fingerprint density at radius 2 is 2.00 bits per heavy atom. The molecule has 1 unspecified atom stereocenters. The zero-order chi connectivity index (χ0) is 13.1. The average molecular weight is 240 g/mol. The zero-order valence-electron chi connectivity index (χ0n) is 10.7. The molecule has 0 saturated heterocycles. The number of nitrogens with two attached hydrogens (primary N) is 1. The maximum absolute atomic E-state index is 9.86. The number of aromatic nitrogens is 3. The number of hydrogen-bond donors (Lipinski definition) is 3. The first-order valence-corrected chi connectivity index (χ1v) is 5.49. The summed E-state index contributed by atoms with van der Waals surface area (Å²) in [6.45, 7) is 4.02. The van der Waals surface area contributed by atoms with Crippen LogP contribution in [-0.2, 0) is 0 Å². The van der Waals surface area contributed by atoms with Gasteiger partial charge in [-0.1, -0.05) is 6.92 Å². The second-order valence-electron chi connectivity index (χ2n) is 4.42. The van der Waals surface area contributed by atoms with E-state index in [1.165, 1.54) is 0 Å². The summed E-state index contributed by atoms with van der Waals surface area (Å²) in [6.07, 6.45) is 0.640. The van der Waals surface area contributed by atoms with E-state index in [0.29, 0.717) is 24.9 Å². The van der Waals surface area contributed by atoms with Crippen LogP contribution >= 0.6 is 0 Å². The first kappa shape index (κ1) is 13.4. The highest BCUT2D eigenvalue weighted by Crippen LogP contribution is 2.12. The first-order valence-electron chi connectivity index (χ1n) is 5.49. The Balaban J connectivity index is 2.78. The Hall–Kier alpha value is -1.63. The predicted octanol–water partition coefficient (Wildman–Crippen LogP) is 0.0927. The minimum atomic E-state index is -0.792. The lowest BCUT2D eigenvalue weighted by Gasteiger charge is -2.21. The lowest BCUT2D eigenvalue weighted by molar-refractivity contribution is 0.0695. The number of nitrogens with zero attached hydrogens (tertiary/aromatic N) is 4. The van der Waals surface area contributed by atoms with Gasteiger partial charge in [-0.05, 0) is 13.3 Å². The van der Waals surface area contributed by atoms with Crippen LogP contribution in [0.1, 0.15) is 20.3 Å². The molecule has 17 heavy (non-hydrogen) atoms. The van der Waals surface area contributed by atoms with Gasteiger partial charge in [0.2, 0.25) is 17.8 Å². The summed E-state index contributed by atoms with van der Waals surface area (Å²) in [5, 5.41) is 12.8. The van der Waals surface area contributed by atoms with Crippen LogP contribution in [0.15, 0.2) is 0 Å². The van der Waals surface area contributed by atoms with E-state index < -0.39 is 5.60 Å². The van der Waals surface area contributed by atoms with Crippen molar-refractivity contribution in [3.05, 3.63) is 0 Å². The molecule has 0 aliphatic rings. The van der Waals surface area contributed by atoms with Crippen LogP contribution in [0.3, 0.4) is 0 Å². The van der Waals surface area contributed by atoms with Gasteiger partial charge in [0.15, 0.2) is 0 Å². The van der Waals surface area contributed by atoms with Gasteiger partial charge in [0.1, 0.15) is 0 Å². The Kier molecular flexibility index (Phi) is 4.06. The fraction of sp³-hybridized carbons (Fsp3) is 0.700. The van der Waals surface area contributed by atoms with Crippen molar-refractivity contribution >= 4 is 17.8 Å². The summed E-state index contributed by atoms with van der Waals surface area (Å²) in [5.41, 5.74) is 4.79. The fourth-order valence-corrected chi connectivity index (χ4v) is 1.05. The summed E-state index contributed by atoms with van der Waals surface area (Å²) >= 11 is 0. The van der Waals surface area contributed by atoms with Crippen molar-refractivity contribution in [1.29, 1.82) is 0 Å². The highest BCUT2D eigenvalue weighted by atomic mass is 16.3. The van der Waals surface area contributed by atoms with E-state index in [1.54, 1.807) is 11.8 Å². The molecule has 0 aliphatic carbocycles. The molecule has 0 fully saturated rings. The fourth-order valence-electron chi connectivity index (χ4n) is 1.05. The van der Waals surface area contributed by atoms with E-state index in [9.17, 15) is 5.11 Å². The molecular formula is C10H20N6O. The second-order valence-corrected chi connectivity index (χ2v) is 4.42. The van der Waals surface area contributed by atoms with Crippen molar-refractivity contribution in [1.82, 2.24) is 15.0 Å². The molecule has 1 heterocycles. The van der Waals surface area contributed by atoms with Gasteiger partial charge in [0.25, 0.3) is 0 Å². The molecule has 1 aromatic heterocycles. The lowest BCUT2D eigenvalue weighted by atomic mass is 10.0. The molecule has 4 N–H and O–H groups in total. The third kappa shape index (κ3) is 4.03. The van der Waals surface area contributed by atoms with Crippen LogP contribution in [-0.4, -0.2) is 46.3 Å². The molecule has 0 bridgehead atoms. The highest BCUT2D eigenvalue weighted by molar-refractivity contribution is 5.40. The van der Waals surface area contributed by atoms with Gasteiger partial charge in [0.05, 0.1) is 5.60 Å². The van der Waals surface area contributed by atoms with E-state index >= 15 is 0 Å². The number of aliphatic hydroxyl groups is 1. The third-order valence-corrected chi connectivity index (χ3v) is 2.43. The molecule has 1 rings (SSSR count). The number of rotatable bonds is 5. The topological polar surface area (TPSA) is 100 Å². The van der Waals surface area contributed by atoms with Crippen molar-refractivity contribution < 1.29 is 5.11 Å². The van der Waals surface area contributed by atoms with Gasteiger partial charge >= 0.3 is 0 Å². The van der Waals surface area contributed by atoms with Crippen molar-refractivity contribution in [2.24, 2.45) is 0 Å². The van der Waals surface area contributed by atoms with Crippen LogP contribution in [0, 0.1) is 0 Å². The van der Waals surface area contributed by atoms with Crippen LogP contribution in [0.2, 0.25) is 0 Å². The molecule has 0 saturated carbocycles. The standard InChI is InChI=1S/C10H20N6O/c1-5-10(2,17)6-12-8-13-7(11)14-9(15-8)16(3)4/h17H,5-6H2,1-4H3,(H3,11,12,13,14,15). The molecular weight excluding hydrogens is 220 g/mol. The van der Waals surface area contributed by atoms with E-state index in [0.717, 1.165) is 0 Å². The largest absolute Gasteiger partial charge is 0.388 e. The van der Waals surface area contributed by atoms with Crippen molar-refractivity contribution in [2.75, 3.05) is 36.6 Å². The van der Waals surface area contributed by atoms with Crippen LogP contribution in [0.4, 0.5) is 17.8 Å². The quantitative estimate of drug-likeness (QED) is 0.670. The van der Waals surface area contributed by atoms with Gasteiger partial charge in [-0.15, -0.1) is 0 Å². The van der Waals surface area contributed by atoms with E-state index in [2.05, 4.69) is 20.3 Å². The van der Waals surface area contributed by atoms with E-state index in [4.69, 9.17) is 5.73 Å². The molecule has 7 heteroatoms. The summed E-state index contributed by atoms with van der Waals surface area (Å²) in [4.78, 5) is 13.8. The van der Waals surface area contributed by atoms with Crippen molar-refractivity contribution in [3.63, 3.8) is 0 Å². The SMILES string of the molecule is CCC(C)(O)CNc1nc(N)nc(N(C)C)n1. The maximum Gasteiger partial charge on any atom is 0.231 e. The molecule has 7 nitrogen and oxygen atoms in total. The summed E-state index contributed by atoms with van der Waals surface area (Å²) in [7, 11) is 3.64. The Labute approximate surface area is 101 Å². The van der Waals surface area contributed by atoms with Crippen molar-refractivity contribution in [3.8, 4) is 0 Å². The van der Waals surface area contributed by atoms with Crippen LogP contribution < -0.4 is 16.0 Å². The number of nitrogens with one attached hydrogen (secondary N) is 1. The summed E-state index contributed by atoms with van der Waals surface area (Å²) in [5.74, 6) is 1.01.